The summed E-state index contributed by atoms with van der Waals surface area (Å²) in [7, 11) is 0. The Bertz CT molecular complexity index is 865. The molecule has 0 unspecified atom stereocenters. The number of aryl methyl sites for hydroxylation is 1. The van der Waals surface area contributed by atoms with Crippen molar-refractivity contribution in [1.82, 2.24) is 4.57 Å². The molecule has 0 saturated heterocycles. The summed E-state index contributed by atoms with van der Waals surface area (Å²) >= 11 is 5.91. The second kappa shape index (κ2) is 7.18. The van der Waals surface area contributed by atoms with Crippen molar-refractivity contribution in [2.24, 2.45) is 0 Å². The van der Waals surface area contributed by atoms with Crippen LogP contribution in [-0.2, 0) is 13.1 Å². The monoisotopic (exact) mass is 341 g/mol. The van der Waals surface area contributed by atoms with Crippen LogP contribution >= 0.6 is 11.6 Å². The van der Waals surface area contributed by atoms with Crippen LogP contribution in [0.2, 0.25) is 5.02 Å². The van der Waals surface area contributed by atoms with E-state index >= 15 is 0 Å². The molecule has 0 aliphatic rings. The second-order valence-electron chi connectivity index (χ2n) is 6.06. The van der Waals surface area contributed by atoms with E-state index in [-0.39, 0.29) is 5.78 Å². The Labute approximate surface area is 147 Å². The smallest absolute Gasteiger partial charge is 0.254 e. The van der Waals surface area contributed by atoms with Crippen molar-refractivity contribution < 1.29 is 9.36 Å². The highest BCUT2D eigenvalue weighted by atomic mass is 35.5. The van der Waals surface area contributed by atoms with E-state index in [1.54, 1.807) is 24.3 Å². The topological polar surface area (TPSA) is 25.9 Å². The first-order valence-electron chi connectivity index (χ1n) is 8.38. The first-order chi connectivity index (χ1) is 11.6. The summed E-state index contributed by atoms with van der Waals surface area (Å²) in [4.78, 5) is 12.7. The van der Waals surface area contributed by atoms with Gasteiger partial charge in [-0.2, -0.15) is 0 Å². The standard InChI is InChI=1S/C20H22ClN2O/c1-3-4-13-22-15(2)23(19-8-6-5-7-18(19)22)14-20(24)16-9-11-17(21)12-10-16/h5-12H,3-4,13-14H2,1-2H3/q+1. The van der Waals surface area contributed by atoms with Gasteiger partial charge in [-0.15, -0.1) is 0 Å². The molecule has 3 nitrogen and oxygen atoms in total. The lowest BCUT2D eigenvalue weighted by atomic mass is 10.1. The molecule has 0 aliphatic heterocycles. The van der Waals surface area contributed by atoms with Gasteiger partial charge in [0.15, 0.2) is 17.6 Å². The molecule has 0 radical (unpaired) electrons. The minimum atomic E-state index is 0.0955. The van der Waals surface area contributed by atoms with Crippen molar-refractivity contribution in [2.45, 2.75) is 39.8 Å². The van der Waals surface area contributed by atoms with E-state index in [9.17, 15) is 4.79 Å². The van der Waals surface area contributed by atoms with Crippen molar-refractivity contribution >= 4 is 28.4 Å². The molecule has 124 valence electrons. The third kappa shape index (κ3) is 3.22. The predicted octanol–water partition coefficient (Wildman–Crippen LogP) is 4.57. The first-order valence-corrected chi connectivity index (χ1v) is 8.76. The number of hydrogen-bond acceptors (Lipinski definition) is 1. The fourth-order valence-corrected chi connectivity index (χ4v) is 3.21. The van der Waals surface area contributed by atoms with Gasteiger partial charge in [-0.3, -0.25) is 4.79 Å². The van der Waals surface area contributed by atoms with Crippen LogP contribution in [-0.4, -0.2) is 10.4 Å². The minimum Gasteiger partial charge on any atom is -0.290 e. The summed E-state index contributed by atoms with van der Waals surface area (Å²) in [5.74, 6) is 1.21. The maximum Gasteiger partial charge on any atom is 0.254 e. The molecular formula is C20H22ClN2O+. The molecule has 1 aromatic heterocycles. The number of halogens is 1. The lowest BCUT2D eigenvalue weighted by Crippen LogP contribution is -2.40. The van der Waals surface area contributed by atoms with Gasteiger partial charge in [0.2, 0.25) is 5.78 Å². The molecule has 0 spiro atoms. The van der Waals surface area contributed by atoms with Gasteiger partial charge in [0.1, 0.15) is 0 Å². The number of Topliss-reactive ketones (excluding diaryl/α,β-unsaturated/α-hetero) is 1. The average molecular weight is 342 g/mol. The van der Waals surface area contributed by atoms with E-state index in [0.29, 0.717) is 17.1 Å². The number of benzene rings is 2. The van der Waals surface area contributed by atoms with Gasteiger partial charge in [-0.1, -0.05) is 37.1 Å². The normalized spacial score (nSPS) is 11.1. The fraction of sp³-hybridized carbons (Fsp3) is 0.300. The van der Waals surface area contributed by atoms with Gasteiger partial charge in [-0.05, 0) is 42.8 Å². The van der Waals surface area contributed by atoms with Gasteiger partial charge >= 0.3 is 0 Å². The molecule has 24 heavy (non-hydrogen) atoms. The molecule has 0 atom stereocenters. The predicted molar refractivity (Wildman–Crippen MR) is 97.6 cm³/mol. The maximum atomic E-state index is 12.7. The molecule has 0 amide bonds. The van der Waals surface area contributed by atoms with Gasteiger partial charge < -0.3 is 0 Å². The van der Waals surface area contributed by atoms with Gasteiger partial charge in [-0.25, -0.2) is 9.13 Å². The van der Waals surface area contributed by atoms with E-state index in [4.69, 9.17) is 11.6 Å². The Balaban J connectivity index is 1.98. The van der Waals surface area contributed by atoms with E-state index in [2.05, 4.69) is 41.2 Å². The number of fused-ring (bicyclic) bond motifs is 1. The quantitative estimate of drug-likeness (QED) is 0.476. The van der Waals surface area contributed by atoms with E-state index in [1.165, 1.54) is 5.52 Å². The number of para-hydroxylation sites is 2. The number of rotatable bonds is 6. The summed E-state index contributed by atoms with van der Waals surface area (Å²) < 4.78 is 4.43. The molecule has 1 heterocycles. The number of carbonyl (C=O) groups is 1. The number of nitrogens with zero attached hydrogens (tertiary/aromatic N) is 2. The molecule has 0 aliphatic carbocycles. The second-order valence-corrected chi connectivity index (χ2v) is 6.49. The molecule has 3 aromatic rings. The highest BCUT2D eigenvalue weighted by Crippen LogP contribution is 2.16. The van der Waals surface area contributed by atoms with Crippen molar-refractivity contribution in [3.63, 3.8) is 0 Å². The number of hydrogen-bond donors (Lipinski definition) is 0. The largest absolute Gasteiger partial charge is 0.290 e. The van der Waals surface area contributed by atoms with Crippen LogP contribution in [0, 0.1) is 6.92 Å². The molecule has 3 rings (SSSR count). The molecule has 0 N–H and O–H groups in total. The van der Waals surface area contributed by atoms with Crippen molar-refractivity contribution in [3.8, 4) is 0 Å². The Morgan fingerprint density at radius 1 is 1.12 bits per heavy atom. The number of carbonyl (C=O) groups excluding carboxylic acids is 1. The minimum absolute atomic E-state index is 0.0955. The van der Waals surface area contributed by atoms with Crippen LogP contribution in [0.5, 0.6) is 0 Å². The lowest BCUT2D eigenvalue weighted by molar-refractivity contribution is -0.664. The number of unbranched alkanes of at least 4 members (excludes halogenated alkanes) is 1. The molecule has 0 bridgehead atoms. The van der Waals surface area contributed by atoms with Crippen LogP contribution in [0.25, 0.3) is 11.0 Å². The van der Waals surface area contributed by atoms with E-state index in [0.717, 1.165) is 30.7 Å². The summed E-state index contributed by atoms with van der Waals surface area (Å²) in [5, 5.41) is 0.645. The van der Waals surface area contributed by atoms with Gasteiger partial charge in [0.25, 0.3) is 5.82 Å². The molecule has 4 heteroatoms. The Kier molecular flexibility index (Phi) is 5.00. The Morgan fingerprint density at radius 2 is 1.83 bits per heavy atom. The van der Waals surface area contributed by atoms with Gasteiger partial charge in [0, 0.05) is 17.5 Å². The molecular weight excluding hydrogens is 320 g/mol. The van der Waals surface area contributed by atoms with E-state index in [1.807, 2.05) is 6.07 Å². The number of imidazole rings is 1. The first kappa shape index (κ1) is 16.7. The number of ketones is 1. The summed E-state index contributed by atoms with van der Waals surface area (Å²) in [6, 6.07) is 15.4. The lowest BCUT2D eigenvalue weighted by Gasteiger charge is -2.02. The van der Waals surface area contributed by atoms with Gasteiger partial charge in [0.05, 0.1) is 6.54 Å². The summed E-state index contributed by atoms with van der Waals surface area (Å²) in [6.45, 7) is 5.60. The SMILES string of the molecule is CCCCn1c(C)[n+](CC(=O)c2ccc(Cl)cc2)c2ccccc21. The highest BCUT2D eigenvalue weighted by molar-refractivity contribution is 6.30. The van der Waals surface area contributed by atoms with Crippen LogP contribution in [0.3, 0.4) is 0 Å². The van der Waals surface area contributed by atoms with Crippen LogP contribution in [0.4, 0.5) is 0 Å². The molecule has 0 saturated carbocycles. The van der Waals surface area contributed by atoms with Crippen LogP contribution < -0.4 is 4.57 Å². The van der Waals surface area contributed by atoms with Crippen LogP contribution in [0.1, 0.15) is 35.9 Å². The number of aromatic nitrogens is 2. The zero-order valence-electron chi connectivity index (χ0n) is 14.1. The maximum absolute atomic E-state index is 12.7. The third-order valence-corrected chi connectivity index (χ3v) is 4.70. The van der Waals surface area contributed by atoms with Crippen molar-refractivity contribution in [2.75, 3.05) is 0 Å². The zero-order valence-corrected chi connectivity index (χ0v) is 14.9. The van der Waals surface area contributed by atoms with Crippen molar-refractivity contribution in [3.05, 3.63) is 64.9 Å². The summed E-state index contributed by atoms with van der Waals surface area (Å²) in [5.41, 5.74) is 2.98. The fourth-order valence-electron chi connectivity index (χ4n) is 3.08. The zero-order chi connectivity index (χ0) is 17.1. The molecule has 0 fully saturated rings. The van der Waals surface area contributed by atoms with Crippen LogP contribution in [0.15, 0.2) is 48.5 Å². The average Bonchev–Trinajstić information content (AvgIpc) is 2.85. The Hall–Kier alpha value is -2.13. The summed E-state index contributed by atoms with van der Waals surface area (Å²) in [6.07, 6.45) is 2.28. The highest BCUT2D eigenvalue weighted by Gasteiger charge is 2.23. The molecule has 2 aromatic carbocycles. The Morgan fingerprint density at radius 3 is 2.54 bits per heavy atom. The third-order valence-electron chi connectivity index (χ3n) is 4.45. The van der Waals surface area contributed by atoms with Crippen molar-refractivity contribution in [1.29, 1.82) is 0 Å². The van der Waals surface area contributed by atoms with E-state index < -0.39 is 0 Å².